The van der Waals surface area contributed by atoms with Crippen LogP contribution in [0.15, 0.2) is 42.5 Å². The van der Waals surface area contributed by atoms with Gasteiger partial charge >= 0.3 is 0 Å². The molecule has 0 radical (unpaired) electrons. The van der Waals surface area contributed by atoms with E-state index in [1.165, 1.54) is 16.3 Å². The molecule has 0 heterocycles. The quantitative estimate of drug-likeness (QED) is 0.434. The first-order valence-corrected chi connectivity index (χ1v) is 13.7. The number of amides is 2. The van der Waals surface area contributed by atoms with E-state index in [2.05, 4.69) is 5.32 Å². The van der Waals surface area contributed by atoms with Gasteiger partial charge in [-0.25, -0.2) is 8.42 Å². The van der Waals surface area contributed by atoms with Crippen molar-refractivity contribution >= 4 is 50.7 Å². The predicted molar refractivity (Wildman–Crippen MR) is 140 cm³/mol. The maximum absolute atomic E-state index is 13.2. The Hall–Kier alpha value is -2.49. The van der Waals surface area contributed by atoms with E-state index in [0.29, 0.717) is 28.0 Å². The highest BCUT2D eigenvalue weighted by molar-refractivity contribution is 7.92. The number of rotatable bonds is 12. The van der Waals surface area contributed by atoms with Gasteiger partial charge in [-0.3, -0.25) is 13.9 Å². The number of methoxy groups -OCH3 is 1. The fraction of sp³-hybridized carbons (Fsp3) is 0.417. The molecular formula is C24H31Cl2N3O5S. The monoisotopic (exact) mass is 543 g/mol. The molecule has 0 aliphatic carbocycles. The van der Waals surface area contributed by atoms with Gasteiger partial charge in [-0.05, 0) is 50.1 Å². The summed E-state index contributed by atoms with van der Waals surface area (Å²) in [5.41, 5.74) is 1.17. The average Bonchev–Trinajstić information content (AvgIpc) is 2.81. The zero-order chi connectivity index (χ0) is 26.2. The Bertz CT molecular complexity index is 1140. The number of sulfonamides is 1. The number of halogens is 2. The third kappa shape index (κ3) is 8.30. The molecule has 0 saturated carbocycles. The summed E-state index contributed by atoms with van der Waals surface area (Å²) >= 11 is 12.1. The van der Waals surface area contributed by atoms with Crippen LogP contribution in [0.25, 0.3) is 0 Å². The number of carbonyl (C=O) groups is 2. The second-order valence-electron chi connectivity index (χ2n) is 7.98. The number of benzene rings is 2. The summed E-state index contributed by atoms with van der Waals surface area (Å²) in [5.74, 6) is -0.0419. The van der Waals surface area contributed by atoms with Crippen molar-refractivity contribution < 1.29 is 22.7 Å². The Morgan fingerprint density at radius 1 is 1.11 bits per heavy atom. The number of hydrogen-bond donors (Lipinski definition) is 1. The summed E-state index contributed by atoms with van der Waals surface area (Å²) in [7, 11) is -2.09. The number of likely N-dealkylation sites (N-methyl/N-ethyl adjacent to an activating group) is 1. The van der Waals surface area contributed by atoms with Gasteiger partial charge in [0.25, 0.3) is 0 Å². The standard InChI is InChI=1S/C24H31Cl2N3O5S/c1-5-27-24(31)17(2)28(16-18-11-12-21(25)22(26)14-18)23(30)10-7-13-29(35(4,32)33)19-8-6-9-20(15-19)34-3/h6,8-9,11-12,14-15,17H,5,7,10,13,16H2,1-4H3,(H,27,31)/t17-/m1/s1. The highest BCUT2D eigenvalue weighted by atomic mass is 35.5. The lowest BCUT2D eigenvalue weighted by Crippen LogP contribution is -2.47. The van der Waals surface area contributed by atoms with Gasteiger partial charge in [0.15, 0.2) is 0 Å². The van der Waals surface area contributed by atoms with Crippen LogP contribution in [-0.2, 0) is 26.2 Å². The maximum atomic E-state index is 13.2. The van der Waals surface area contributed by atoms with Crippen LogP contribution in [0, 0.1) is 0 Å². The Balaban J connectivity index is 2.19. The van der Waals surface area contributed by atoms with Gasteiger partial charge in [0.05, 0.1) is 29.1 Å². The number of anilines is 1. The minimum absolute atomic E-state index is 0.0427. The van der Waals surface area contributed by atoms with E-state index in [1.54, 1.807) is 56.3 Å². The Morgan fingerprint density at radius 3 is 2.43 bits per heavy atom. The van der Waals surface area contributed by atoms with Crippen molar-refractivity contribution in [1.29, 1.82) is 0 Å². The van der Waals surface area contributed by atoms with Gasteiger partial charge in [0, 0.05) is 32.1 Å². The van der Waals surface area contributed by atoms with Crippen LogP contribution in [-0.4, -0.2) is 57.6 Å². The van der Waals surface area contributed by atoms with Crippen LogP contribution < -0.4 is 14.4 Å². The van der Waals surface area contributed by atoms with Crippen LogP contribution in [0.5, 0.6) is 5.75 Å². The molecule has 2 amide bonds. The second-order valence-corrected chi connectivity index (χ2v) is 10.7. The molecule has 2 rings (SSSR count). The van der Waals surface area contributed by atoms with E-state index in [4.69, 9.17) is 27.9 Å². The Labute approximate surface area is 217 Å². The van der Waals surface area contributed by atoms with Crippen molar-refractivity contribution in [2.75, 3.05) is 30.8 Å². The van der Waals surface area contributed by atoms with Gasteiger partial charge in [0.2, 0.25) is 21.8 Å². The number of nitrogens with one attached hydrogen (secondary N) is 1. The van der Waals surface area contributed by atoms with Crippen LogP contribution in [0.3, 0.4) is 0 Å². The number of hydrogen-bond acceptors (Lipinski definition) is 5. The molecule has 8 nitrogen and oxygen atoms in total. The van der Waals surface area contributed by atoms with Crippen molar-refractivity contribution in [2.24, 2.45) is 0 Å². The SMILES string of the molecule is CCNC(=O)[C@@H](C)N(Cc1ccc(Cl)c(Cl)c1)C(=O)CCCN(c1cccc(OC)c1)S(C)(=O)=O. The van der Waals surface area contributed by atoms with E-state index in [9.17, 15) is 18.0 Å². The number of nitrogens with zero attached hydrogens (tertiary/aromatic N) is 2. The predicted octanol–water partition coefficient (Wildman–Crippen LogP) is 4.10. The lowest BCUT2D eigenvalue weighted by molar-refractivity contribution is -0.140. The Kier molecular flexibility index (Phi) is 10.7. The van der Waals surface area contributed by atoms with Crippen molar-refractivity contribution in [3.63, 3.8) is 0 Å². The van der Waals surface area contributed by atoms with Crippen LogP contribution in [0.2, 0.25) is 10.0 Å². The van der Waals surface area contributed by atoms with Crippen molar-refractivity contribution in [2.45, 2.75) is 39.3 Å². The fourth-order valence-electron chi connectivity index (χ4n) is 3.51. The van der Waals surface area contributed by atoms with Crippen molar-refractivity contribution in [3.8, 4) is 5.75 Å². The molecular weight excluding hydrogens is 513 g/mol. The van der Waals surface area contributed by atoms with Gasteiger partial charge in [0.1, 0.15) is 11.8 Å². The van der Waals surface area contributed by atoms with E-state index in [-0.39, 0.29) is 37.7 Å². The van der Waals surface area contributed by atoms with Crippen LogP contribution in [0.1, 0.15) is 32.3 Å². The van der Waals surface area contributed by atoms with Crippen molar-refractivity contribution in [1.82, 2.24) is 10.2 Å². The molecule has 0 aliphatic heterocycles. The highest BCUT2D eigenvalue weighted by Gasteiger charge is 2.26. The largest absolute Gasteiger partial charge is 0.497 e. The average molecular weight is 545 g/mol. The first-order valence-electron chi connectivity index (χ1n) is 11.1. The van der Waals surface area contributed by atoms with Crippen LogP contribution in [0.4, 0.5) is 5.69 Å². The first-order chi connectivity index (χ1) is 16.5. The molecule has 0 saturated heterocycles. The molecule has 1 N–H and O–H groups in total. The summed E-state index contributed by atoms with van der Waals surface area (Å²) < 4.78 is 31.3. The summed E-state index contributed by atoms with van der Waals surface area (Å²) in [6.07, 6.45) is 1.41. The first kappa shape index (κ1) is 28.7. The molecule has 0 unspecified atom stereocenters. The molecule has 11 heteroatoms. The molecule has 2 aromatic carbocycles. The van der Waals surface area contributed by atoms with E-state index in [0.717, 1.165) is 11.8 Å². The maximum Gasteiger partial charge on any atom is 0.242 e. The van der Waals surface area contributed by atoms with Gasteiger partial charge in [-0.1, -0.05) is 35.3 Å². The summed E-state index contributed by atoms with van der Waals surface area (Å²) in [6, 6.07) is 11.0. The minimum Gasteiger partial charge on any atom is -0.497 e. The molecule has 0 spiro atoms. The summed E-state index contributed by atoms with van der Waals surface area (Å²) in [6.45, 7) is 4.13. The second kappa shape index (κ2) is 13.0. The minimum atomic E-state index is -3.59. The molecule has 2 aromatic rings. The molecule has 192 valence electrons. The van der Waals surface area contributed by atoms with Gasteiger partial charge in [-0.15, -0.1) is 0 Å². The fourth-order valence-corrected chi connectivity index (χ4v) is 4.79. The van der Waals surface area contributed by atoms with Gasteiger partial charge < -0.3 is 15.0 Å². The third-order valence-electron chi connectivity index (χ3n) is 5.35. The number of carbonyl (C=O) groups excluding carboxylic acids is 2. The summed E-state index contributed by atoms with van der Waals surface area (Å²) in [4.78, 5) is 27.2. The van der Waals surface area contributed by atoms with E-state index in [1.807, 2.05) is 0 Å². The normalized spacial score (nSPS) is 12.1. The summed E-state index contributed by atoms with van der Waals surface area (Å²) in [5, 5.41) is 3.48. The topological polar surface area (TPSA) is 96.0 Å². The van der Waals surface area contributed by atoms with Crippen molar-refractivity contribution in [3.05, 3.63) is 58.1 Å². The molecule has 35 heavy (non-hydrogen) atoms. The van der Waals surface area contributed by atoms with Gasteiger partial charge in [-0.2, -0.15) is 0 Å². The Morgan fingerprint density at radius 2 is 1.83 bits per heavy atom. The highest BCUT2D eigenvalue weighted by Crippen LogP contribution is 2.25. The molecule has 0 fully saturated rings. The molecule has 0 aliphatic rings. The molecule has 1 atom stereocenters. The number of ether oxygens (including phenoxy) is 1. The zero-order valence-electron chi connectivity index (χ0n) is 20.3. The zero-order valence-corrected chi connectivity index (χ0v) is 22.6. The molecule has 0 bridgehead atoms. The lowest BCUT2D eigenvalue weighted by Gasteiger charge is -2.29. The van der Waals surface area contributed by atoms with E-state index >= 15 is 0 Å². The third-order valence-corrected chi connectivity index (χ3v) is 7.28. The lowest BCUT2D eigenvalue weighted by atomic mass is 10.1. The molecule has 0 aromatic heterocycles. The van der Waals surface area contributed by atoms with E-state index < -0.39 is 16.1 Å². The smallest absolute Gasteiger partial charge is 0.242 e. The van der Waals surface area contributed by atoms with Crippen LogP contribution >= 0.6 is 23.2 Å².